The molecule has 0 unspecified atom stereocenters. The Morgan fingerprint density at radius 3 is 2.48 bits per heavy atom. The van der Waals surface area contributed by atoms with Gasteiger partial charge < -0.3 is 5.32 Å². The molecule has 0 bridgehead atoms. The van der Waals surface area contributed by atoms with E-state index in [-0.39, 0.29) is 5.91 Å². The Morgan fingerprint density at radius 1 is 1.08 bits per heavy atom. The van der Waals surface area contributed by atoms with Crippen molar-refractivity contribution in [3.8, 4) is 10.4 Å². The van der Waals surface area contributed by atoms with Crippen LogP contribution in [-0.2, 0) is 0 Å². The molecule has 1 aromatic carbocycles. The largest absolute Gasteiger partial charge is 0.351 e. The lowest BCUT2D eigenvalue weighted by atomic mass is 9.84. The molecule has 2 aromatic rings. The van der Waals surface area contributed by atoms with Crippen LogP contribution in [0.4, 0.5) is 0 Å². The van der Waals surface area contributed by atoms with Crippen LogP contribution in [0, 0.1) is 5.92 Å². The highest BCUT2D eigenvalue weighted by Crippen LogP contribution is 2.34. The standard InChI is InChI=1S/C22H29NOS/c1-16(2)14-15-23-22(24)21-13-12-20(25-21)19-10-8-18(9-11-19)17-6-4-3-5-7-17/h8-13,16-17H,3-7,14-15H2,1-2H3,(H,23,24). The summed E-state index contributed by atoms with van der Waals surface area (Å²) in [7, 11) is 0. The van der Waals surface area contributed by atoms with Crippen LogP contribution in [0.2, 0.25) is 0 Å². The highest BCUT2D eigenvalue weighted by Gasteiger charge is 2.16. The molecular formula is C22H29NOS. The molecule has 1 aromatic heterocycles. The summed E-state index contributed by atoms with van der Waals surface area (Å²) < 4.78 is 0. The summed E-state index contributed by atoms with van der Waals surface area (Å²) in [6, 6.07) is 13.0. The van der Waals surface area contributed by atoms with E-state index in [1.54, 1.807) is 11.3 Å². The summed E-state index contributed by atoms with van der Waals surface area (Å²) in [6.07, 6.45) is 7.82. The van der Waals surface area contributed by atoms with Crippen molar-refractivity contribution in [2.24, 2.45) is 5.92 Å². The summed E-state index contributed by atoms with van der Waals surface area (Å²) in [5.41, 5.74) is 2.69. The Hall–Kier alpha value is -1.61. The van der Waals surface area contributed by atoms with Crippen LogP contribution in [0.1, 0.15) is 73.5 Å². The minimum absolute atomic E-state index is 0.0516. The molecule has 1 fully saturated rings. The molecule has 25 heavy (non-hydrogen) atoms. The molecule has 134 valence electrons. The number of hydrogen-bond acceptors (Lipinski definition) is 2. The van der Waals surface area contributed by atoms with Crippen molar-refractivity contribution in [2.45, 2.75) is 58.3 Å². The maximum absolute atomic E-state index is 12.2. The van der Waals surface area contributed by atoms with Gasteiger partial charge in [-0.15, -0.1) is 11.3 Å². The van der Waals surface area contributed by atoms with Crippen molar-refractivity contribution in [2.75, 3.05) is 6.54 Å². The summed E-state index contributed by atoms with van der Waals surface area (Å²) in [5.74, 6) is 1.41. The minimum atomic E-state index is 0.0516. The normalized spacial score (nSPS) is 15.5. The summed E-state index contributed by atoms with van der Waals surface area (Å²) in [5, 5.41) is 3.02. The van der Waals surface area contributed by atoms with E-state index < -0.39 is 0 Å². The Kier molecular flexibility index (Phi) is 6.30. The molecule has 1 amide bonds. The molecule has 0 radical (unpaired) electrons. The molecule has 0 spiro atoms. The maximum atomic E-state index is 12.2. The molecule has 3 heteroatoms. The second-order valence-electron chi connectivity index (χ2n) is 7.56. The minimum Gasteiger partial charge on any atom is -0.351 e. The van der Waals surface area contributed by atoms with Crippen molar-refractivity contribution in [1.82, 2.24) is 5.32 Å². The number of benzene rings is 1. The number of carbonyl (C=O) groups is 1. The van der Waals surface area contributed by atoms with Gasteiger partial charge in [0.25, 0.3) is 5.91 Å². The van der Waals surface area contributed by atoms with Crippen LogP contribution < -0.4 is 5.32 Å². The molecule has 0 saturated heterocycles. The van der Waals surface area contributed by atoms with Crippen molar-refractivity contribution in [3.05, 3.63) is 46.8 Å². The molecule has 1 saturated carbocycles. The molecule has 3 rings (SSSR count). The summed E-state index contributed by atoms with van der Waals surface area (Å²) in [6.45, 7) is 5.10. The highest BCUT2D eigenvalue weighted by molar-refractivity contribution is 7.17. The lowest BCUT2D eigenvalue weighted by molar-refractivity contribution is 0.0956. The average molecular weight is 356 g/mol. The molecule has 1 heterocycles. The van der Waals surface area contributed by atoms with Gasteiger partial charge in [-0.05, 0) is 54.4 Å². The van der Waals surface area contributed by atoms with Crippen molar-refractivity contribution >= 4 is 17.2 Å². The number of nitrogens with one attached hydrogen (secondary N) is 1. The second-order valence-corrected chi connectivity index (χ2v) is 8.64. The Morgan fingerprint density at radius 2 is 1.80 bits per heavy atom. The number of amides is 1. The molecule has 1 N–H and O–H groups in total. The fraction of sp³-hybridized carbons (Fsp3) is 0.500. The zero-order valence-electron chi connectivity index (χ0n) is 15.4. The van der Waals surface area contributed by atoms with Crippen LogP contribution in [0.3, 0.4) is 0 Å². The first-order valence-electron chi connectivity index (χ1n) is 9.62. The molecule has 1 aliphatic rings. The average Bonchev–Trinajstić information content (AvgIpc) is 3.12. The van der Waals surface area contributed by atoms with Crippen LogP contribution in [0.25, 0.3) is 10.4 Å². The summed E-state index contributed by atoms with van der Waals surface area (Å²) in [4.78, 5) is 14.2. The SMILES string of the molecule is CC(C)CCNC(=O)c1ccc(-c2ccc(C3CCCCC3)cc2)s1. The zero-order valence-corrected chi connectivity index (χ0v) is 16.2. The van der Waals surface area contributed by atoms with Crippen molar-refractivity contribution < 1.29 is 4.79 Å². The first-order chi connectivity index (χ1) is 12.1. The van der Waals surface area contributed by atoms with Crippen LogP contribution in [-0.4, -0.2) is 12.5 Å². The lowest BCUT2D eigenvalue weighted by Gasteiger charge is -2.22. The van der Waals surface area contributed by atoms with E-state index in [1.165, 1.54) is 48.1 Å². The van der Waals surface area contributed by atoms with Gasteiger partial charge >= 0.3 is 0 Å². The monoisotopic (exact) mass is 355 g/mol. The predicted molar refractivity (Wildman–Crippen MR) is 107 cm³/mol. The zero-order chi connectivity index (χ0) is 17.6. The van der Waals surface area contributed by atoms with E-state index in [0.717, 1.165) is 23.8 Å². The van der Waals surface area contributed by atoms with Gasteiger partial charge in [-0.2, -0.15) is 0 Å². The van der Waals surface area contributed by atoms with E-state index in [4.69, 9.17) is 0 Å². The Balaban J connectivity index is 1.62. The van der Waals surface area contributed by atoms with Gasteiger partial charge in [0.2, 0.25) is 0 Å². The van der Waals surface area contributed by atoms with Gasteiger partial charge in [0, 0.05) is 11.4 Å². The number of rotatable bonds is 6. The third-order valence-electron chi connectivity index (χ3n) is 5.11. The van der Waals surface area contributed by atoms with E-state index in [9.17, 15) is 4.79 Å². The highest BCUT2D eigenvalue weighted by atomic mass is 32.1. The van der Waals surface area contributed by atoms with Gasteiger partial charge in [0.1, 0.15) is 0 Å². The topological polar surface area (TPSA) is 29.1 Å². The molecule has 1 aliphatic carbocycles. The quantitative estimate of drug-likeness (QED) is 0.653. The van der Waals surface area contributed by atoms with Gasteiger partial charge in [-0.3, -0.25) is 4.79 Å². The number of thiophene rings is 1. The first kappa shape index (κ1) is 18.2. The van der Waals surface area contributed by atoms with Crippen LogP contribution >= 0.6 is 11.3 Å². The van der Waals surface area contributed by atoms with Crippen molar-refractivity contribution in [1.29, 1.82) is 0 Å². The van der Waals surface area contributed by atoms with E-state index >= 15 is 0 Å². The fourth-order valence-electron chi connectivity index (χ4n) is 3.53. The van der Waals surface area contributed by atoms with Gasteiger partial charge in [0.05, 0.1) is 4.88 Å². The third kappa shape index (κ3) is 4.94. The van der Waals surface area contributed by atoms with Crippen LogP contribution in [0.5, 0.6) is 0 Å². The first-order valence-corrected chi connectivity index (χ1v) is 10.4. The number of carbonyl (C=O) groups excluding carboxylic acids is 1. The van der Waals surface area contributed by atoms with Gasteiger partial charge in [0.15, 0.2) is 0 Å². The second kappa shape index (κ2) is 8.66. The summed E-state index contributed by atoms with van der Waals surface area (Å²) >= 11 is 1.58. The third-order valence-corrected chi connectivity index (χ3v) is 6.24. The lowest BCUT2D eigenvalue weighted by Crippen LogP contribution is -2.24. The molecule has 2 nitrogen and oxygen atoms in total. The molecule has 0 aliphatic heterocycles. The van der Waals surface area contributed by atoms with Gasteiger partial charge in [-0.1, -0.05) is 57.4 Å². The fourth-order valence-corrected chi connectivity index (χ4v) is 4.46. The molecule has 0 atom stereocenters. The smallest absolute Gasteiger partial charge is 0.261 e. The maximum Gasteiger partial charge on any atom is 0.261 e. The van der Waals surface area contributed by atoms with Crippen LogP contribution in [0.15, 0.2) is 36.4 Å². The van der Waals surface area contributed by atoms with Crippen molar-refractivity contribution in [3.63, 3.8) is 0 Å². The van der Waals surface area contributed by atoms with E-state index in [2.05, 4.69) is 49.5 Å². The van der Waals surface area contributed by atoms with E-state index in [0.29, 0.717) is 5.92 Å². The Bertz CT molecular complexity index is 680. The number of hydrogen-bond donors (Lipinski definition) is 1. The molecular weight excluding hydrogens is 326 g/mol. The van der Waals surface area contributed by atoms with Gasteiger partial charge in [-0.25, -0.2) is 0 Å². The van der Waals surface area contributed by atoms with E-state index in [1.807, 2.05) is 6.07 Å². The Labute approximate surface area is 155 Å². The predicted octanol–water partition coefficient (Wildman–Crippen LogP) is 6.24.